The lowest BCUT2D eigenvalue weighted by Crippen LogP contribution is -2.49. The van der Waals surface area contributed by atoms with Crippen LogP contribution in [-0.2, 0) is 9.47 Å². The van der Waals surface area contributed by atoms with Gasteiger partial charge in [-0.2, -0.15) is 0 Å². The number of nitrogens with zero attached hydrogens (tertiary/aromatic N) is 1. The van der Waals surface area contributed by atoms with Gasteiger partial charge in [0.05, 0.1) is 6.61 Å². The van der Waals surface area contributed by atoms with Crippen LogP contribution in [0.5, 0.6) is 0 Å². The third-order valence-corrected chi connectivity index (χ3v) is 5.29. The number of rotatable bonds is 1. The third-order valence-electron chi connectivity index (χ3n) is 5.29. The molecule has 3 atom stereocenters. The van der Waals surface area contributed by atoms with E-state index < -0.39 is 0 Å². The van der Waals surface area contributed by atoms with Crippen LogP contribution in [0.2, 0.25) is 0 Å². The first-order valence-corrected chi connectivity index (χ1v) is 8.05. The van der Waals surface area contributed by atoms with Gasteiger partial charge in [0.2, 0.25) is 6.29 Å². The van der Waals surface area contributed by atoms with E-state index in [1.54, 1.807) is 0 Å². The van der Waals surface area contributed by atoms with Crippen molar-refractivity contribution in [1.29, 1.82) is 0 Å². The van der Waals surface area contributed by atoms with E-state index in [0.717, 1.165) is 45.1 Å². The van der Waals surface area contributed by atoms with Crippen molar-refractivity contribution in [3.63, 3.8) is 0 Å². The first kappa shape index (κ1) is 14.2. The van der Waals surface area contributed by atoms with E-state index in [4.69, 9.17) is 9.47 Å². The summed E-state index contributed by atoms with van der Waals surface area (Å²) in [5.74, 6) is 0.715. The monoisotopic (exact) mass is 281 g/mol. The maximum atomic E-state index is 12.4. The van der Waals surface area contributed by atoms with E-state index in [1.165, 1.54) is 0 Å². The highest BCUT2D eigenvalue weighted by Gasteiger charge is 2.47. The molecule has 3 aliphatic rings. The molecule has 3 saturated heterocycles. The lowest BCUT2D eigenvalue weighted by Gasteiger charge is -2.43. The number of hydrogen-bond acceptors (Lipinski definition) is 3. The molecule has 3 fully saturated rings. The van der Waals surface area contributed by atoms with Crippen molar-refractivity contribution in [3.8, 4) is 0 Å². The zero-order valence-corrected chi connectivity index (χ0v) is 12.9. The van der Waals surface area contributed by atoms with E-state index in [-0.39, 0.29) is 12.4 Å². The van der Waals surface area contributed by atoms with Crippen molar-refractivity contribution in [3.05, 3.63) is 0 Å². The molecular weight excluding hydrogens is 254 g/mol. The van der Waals surface area contributed by atoms with Gasteiger partial charge in [-0.1, -0.05) is 20.8 Å². The fourth-order valence-electron chi connectivity index (χ4n) is 4.00. The van der Waals surface area contributed by atoms with Crippen LogP contribution in [0.15, 0.2) is 0 Å². The molecule has 0 aromatic carbocycles. The Hall–Kier alpha value is -0.770. The molecule has 0 aromatic rings. The molecule has 4 heteroatoms. The predicted octanol–water partition coefficient (Wildman–Crippen LogP) is 3.55. The van der Waals surface area contributed by atoms with E-state index in [0.29, 0.717) is 23.4 Å². The van der Waals surface area contributed by atoms with E-state index in [1.807, 2.05) is 4.90 Å². The molecule has 114 valence electrons. The first-order valence-electron chi connectivity index (χ1n) is 8.05. The minimum atomic E-state index is -0.303. The lowest BCUT2D eigenvalue weighted by atomic mass is 9.73. The predicted molar refractivity (Wildman–Crippen MR) is 76.3 cm³/mol. The van der Waals surface area contributed by atoms with Crippen molar-refractivity contribution >= 4 is 6.09 Å². The Kier molecular flexibility index (Phi) is 3.69. The number of carbonyl (C=O) groups excluding carboxylic acids is 1. The largest absolute Gasteiger partial charge is 0.419 e. The summed E-state index contributed by atoms with van der Waals surface area (Å²) in [6, 6.07) is 0.763. The third kappa shape index (κ3) is 2.67. The Balaban J connectivity index is 1.63. The molecular formula is C16H27NO3. The molecule has 3 rings (SSSR count). The molecule has 3 unspecified atom stereocenters. The van der Waals surface area contributed by atoms with Crippen molar-refractivity contribution in [2.75, 3.05) is 6.61 Å². The van der Waals surface area contributed by atoms with Gasteiger partial charge in [-0.3, -0.25) is 0 Å². The Morgan fingerprint density at radius 2 is 1.80 bits per heavy atom. The lowest BCUT2D eigenvalue weighted by molar-refractivity contribution is -0.0862. The van der Waals surface area contributed by atoms with Gasteiger partial charge >= 0.3 is 6.09 Å². The maximum absolute atomic E-state index is 12.4. The molecule has 0 aromatic heterocycles. The van der Waals surface area contributed by atoms with Crippen LogP contribution in [-0.4, -0.2) is 36.0 Å². The van der Waals surface area contributed by atoms with Crippen LogP contribution < -0.4 is 0 Å². The fourth-order valence-corrected chi connectivity index (χ4v) is 4.00. The fraction of sp³-hybridized carbons (Fsp3) is 0.938. The van der Waals surface area contributed by atoms with E-state index in [2.05, 4.69) is 20.8 Å². The quantitative estimate of drug-likeness (QED) is 0.738. The number of carbonyl (C=O) groups is 1. The summed E-state index contributed by atoms with van der Waals surface area (Å²) in [7, 11) is 0. The number of hydrogen-bond donors (Lipinski definition) is 0. The normalized spacial score (nSPS) is 37.2. The van der Waals surface area contributed by atoms with Gasteiger partial charge < -0.3 is 14.4 Å². The Morgan fingerprint density at radius 1 is 1.15 bits per heavy atom. The summed E-state index contributed by atoms with van der Waals surface area (Å²) < 4.78 is 10.9. The molecule has 2 bridgehead atoms. The maximum Gasteiger partial charge on any atom is 0.412 e. The highest BCUT2D eigenvalue weighted by molar-refractivity contribution is 5.69. The van der Waals surface area contributed by atoms with Gasteiger partial charge in [0, 0.05) is 18.5 Å². The molecule has 0 spiro atoms. The molecule has 3 heterocycles. The smallest absolute Gasteiger partial charge is 0.412 e. The highest BCUT2D eigenvalue weighted by atomic mass is 16.7. The zero-order chi connectivity index (χ0) is 14.3. The Bertz CT molecular complexity index is 356. The summed E-state index contributed by atoms with van der Waals surface area (Å²) in [5, 5.41) is 0. The summed E-state index contributed by atoms with van der Waals surface area (Å²) >= 11 is 0. The van der Waals surface area contributed by atoms with Crippen molar-refractivity contribution in [1.82, 2.24) is 4.90 Å². The van der Waals surface area contributed by atoms with Gasteiger partial charge in [-0.05, 0) is 43.4 Å². The summed E-state index contributed by atoms with van der Waals surface area (Å²) in [4.78, 5) is 14.4. The topological polar surface area (TPSA) is 38.8 Å². The van der Waals surface area contributed by atoms with Crippen LogP contribution in [0, 0.1) is 11.3 Å². The number of piperidine rings is 1. The van der Waals surface area contributed by atoms with Crippen LogP contribution in [0.1, 0.15) is 59.3 Å². The molecule has 0 saturated carbocycles. The van der Waals surface area contributed by atoms with Gasteiger partial charge in [0.25, 0.3) is 0 Å². The van der Waals surface area contributed by atoms with Gasteiger partial charge in [0.1, 0.15) is 0 Å². The minimum Gasteiger partial charge on any atom is -0.419 e. The van der Waals surface area contributed by atoms with Gasteiger partial charge in [-0.25, -0.2) is 4.79 Å². The van der Waals surface area contributed by atoms with Crippen LogP contribution >= 0.6 is 0 Å². The van der Waals surface area contributed by atoms with Crippen molar-refractivity contribution in [2.45, 2.75) is 77.7 Å². The Labute approximate surface area is 121 Å². The second kappa shape index (κ2) is 5.21. The first-order chi connectivity index (χ1) is 9.45. The summed E-state index contributed by atoms with van der Waals surface area (Å²) in [5.41, 5.74) is 0.339. The molecule has 0 radical (unpaired) electrons. The van der Waals surface area contributed by atoms with Gasteiger partial charge in [-0.15, -0.1) is 0 Å². The molecule has 0 N–H and O–H groups in total. The molecule has 1 amide bonds. The van der Waals surface area contributed by atoms with Crippen molar-refractivity contribution in [2.24, 2.45) is 11.3 Å². The molecule has 0 aliphatic carbocycles. The average Bonchev–Trinajstić information content (AvgIpc) is 2.94. The number of amides is 1. The minimum absolute atomic E-state index is 0.142. The Morgan fingerprint density at radius 3 is 2.30 bits per heavy atom. The van der Waals surface area contributed by atoms with Crippen LogP contribution in [0.3, 0.4) is 0 Å². The standard InChI is InChI=1S/C16H27NO3/c1-16(2,3)11-9-12-6-7-13(10-11)17(12)15(18)20-14-5-4-8-19-14/h11-14H,4-10H2,1-3H3. The van der Waals surface area contributed by atoms with Crippen molar-refractivity contribution < 1.29 is 14.3 Å². The van der Waals surface area contributed by atoms with Crippen LogP contribution in [0.4, 0.5) is 4.79 Å². The van der Waals surface area contributed by atoms with Crippen LogP contribution in [0.25, 0.3) is 0 Å². The number of fused-ring (bicyclic) bond motifs is 2. The van der Waals surface area contributed by atoms with E-state index >= 15 is 0 Å². The van der Waals surface area contributed by atoms with E-state index in [9.17, 15) is 4.79 Å². The molecule has 20 heavy (non-hydrogen) atoms. The second-order valence-corrected chi connectivity index (χ2v) is 7.65. The SMILES string of the molecule is CC(C)(C)C1CC2CCC(C1)N2C(=O)OC1CCCO1. The average molecular weight is 281 g/mol. The summed E-state index contributed by atoms with van der Waals surface area (Å²) in [6.07, 6.45) is 5.92. The highest BCUT2D eigenvalue weighted by Crippen LogP contribution is 2.45. The molecule has 4 nitrogen and oxygen atoms in total. The second-order valence-electron chi connectivity index (χ2n) is 7.65. The number of ether oxygens (including phenoxy) is 2. The summed E-state index contributed by atoms with van der Waals surface area (Å²) in [6.45, 7) is 7.67. The molecule has 3 aliphatic heterocycles. The van der Waals surface area contributed by atoms with Gasteiger partial charge in [0.15, 0.2) is 0 Å². The zero-order valence-electron chi connectivity index (χ0n) is 12.9.